The van der Waals surface area contributed by atoms with Gasteiger partial charge in [0.1, 0.15) is 5.75 Å². The minimum atomic E-state index is -0.0973. The number of rotatable bonds is 6. The van der Waals surface area contributed by atoms with E-state index in [1.165, 1.54) is 58.0 Å². The van der Waals surface area contributed by atoms with E-state index >= 15 is 0 Å². The second-order valence-corrected chi connectivity index (χ2v) is 9.27. The Kier molecular flexibility index (Phi) is 5.81. The van der Waals surface area contributed by atoms with Gasteiger partial charge in [-0.3, -0.25) is 0 Å². The van der Waals surface area contributed by atoms with Crippen molar-refractivity contribution in [3.63, 3.8) is 0 Å². The molecule has 3 aliphatic rings. The molecular formula is C23H35N3O2. The van der Waals surface area contributed by atoms with Crippen LogP contribution >= 0.6 is 0 Å². The number of carbonyl (C=O) groups excluding carboxylic acids is 1. The molecule has 2 saturated carbocycles. The first-order chi connectivity index (χ1) is 13.6. The molecule has 1 aliphatic heterocycles. The van der Waals surface area contributed by atoms with E-state index < -0.39 is 0 Å². The number of nitrogens with one attached hydrogen (secondary N) is 2. The van der Waals surface area contributed by atoms with E-state index in [1.54, 1.807) is 7.11 Å². The number of nitrogens with zero attached hydrogens (tertiary/aromatic N) is 1. The Bertz CT molecular complexity index is 695. The summed E-state index contributed by atoms with van der Waals surface area (Å²) in [7, 11) is 1.66. The summed E-state index contributed by atoms with van der Waals surface area (Å²) in [5, 5.41) is 6.19. The van der Waals surface area contributed by atoms with Crippen LogP contribution < -0.4 is 15.4 Å². The maximum absolute atomic E-state index is 12.5. The lowest BCUT2D eigenvalue weighted by atomic mass is 9.68. The summed E-state index contributed by atoms with van der Waals surface area (Å²) < 4.78 is 5.24. The van der Waals surface area contributed by atoms with E-state index in [1.807, 2.05) is 25.1 Å². The fourth-order valence-corrected chi connectivity index (χ4v) is 5.34. The number of amides is 2. The van der Waals surface area contributed by atoms with Gasteiger partial charge in [0.15, 0.2) is 0 Å². The SMILES string of the molecule is COc1ccc(NC(=O)NCC2CN(CC3CC3)CC23CCCCC3)c(C)c1. The molecule has 1 aromatic carbocycles. The molecular weight excluding hydrogens is 350 g/mol. The minimum Gasteiger partial charge on any atom is -0.497 e. The van der Waals surface area contributed by atoms with Gasteiger partial charge in [-0.05, 0) is 73.6 Å². The molecule has 154 valence electrons. The molecule has 1 saturated heterocycles. The predicted octanol–water partition coefficient (Wildman–Crippen LogP) is 4.42. The molecule has 1 unspecified atom stereocenters. The van der Waals surface area contributed by atoms with Gasteiger partial charge in [-0.25, -0.2) is 4.79 Å². The van der Waals surface area contributed by atoms with E-state index in [9.17, 15) is 4.79 Å². The van der Waals surface area contributed by atoms with Crippen LogP contribution in [0.2, 0.25) is 0 Å². The van der Waals surface area contributed by atoms with Crippen molar-refractivity contribution in [3.8, 4) is 5.75 Å². The van der Waals surface area contributed by atoms with Crippen molar-refractivity contribution in [2.24, 2.45) is 17.3 Å². The quantitative estimate of drug-likeness (QED) is 0.762. The van der Waals surface area contributed by atoms with Gasteiger partial charge >= 0.3 is 6.03 Å². The lowest BCUT2D eigenvalue weighted by Crippen LogP contribution is -2.41. The summed E-state index contributed by atoms with van der Waals surface area (Å²) in [6.45, 7) is 6.44. The molecule has 1 aromatic rings. The number of benzene rings is 1. The van der Waals surface area contributed by atoms with Crippen molar-refractivity contribution in [1.29, 1.82) is 0 Å². The zero-order valence-electron chi connectivity index (χ0n) is 17.4. The first-order valence-electron chi connectivity index (χ1n) is 11.0. The van der Waals surface area contributed by atoms with Crippen molar-refractivity contribution < 1.29 is 9.53 Å². The largest absolute Gasteiger partial charge is 0.497 e. The Morgan fingerprint density at radius 1 is 1.25 bits per heavy atom. The van der Waals surface area contributed by atoms with Crippen LogP contribution in [0.15, 0.2) is 18.2 Å². The average molecular weight is 386 g/mol. The van der Waals surface area contributed by atoms with Crippen LogP contribution in [-0.4, -0.2) is 44.2 Å². The Labute approximate surface area is 169 Å². The Balaban J connectivity index is 1.34. The van der Waals surface area contributed by atoms with E-state index in [-0.39, 0.29) is 6.03 Å². The lowest BCUT2D eigenvalue weighted by Gasteiger charge is -2.38. The second-order valence-electron chi connectivity index (χ2n) is 9.27. The van der Waals surface area contributed by atoms with E-state index in [2.05, 4.69) is 15.5 Å². The normalized spacial score (nSPS) is 24.3. The molecule has 2 amide bonds. The standard InChI is InChI=1S/C23H35N3O2/c1-17-12-20(28-2)8-9-21(17)25-22(27)24-13-19-15-26(14-18-6-7-18)16-23(19)10-4-3-5-11-23/h8-9,12,18-19H,3-7,10-11,13-16H2,1-2H3,(H2,24,25,27). The summed E-state index contributed by atoms with van der Waals surface area (Å²) in [5.41, 5.74) is 2.28. The molecule has 2 aliphatic carbocycles. The van der Waals surface area contributed by atoms with Crippen LogP contribution in [0.25, 0.3) is 0 Å². The summed E-state index contributed by atoms with van der Waals surface area (Å²) in [6.07, 6.45) is 9.57. The van der Waals surface area contributed by atoms with Crippen molar-refractivity contribution in [1.82, 2.24) is 10.2 Å². The summed E-state index contributed by atoms with van der Waals surface area (Å²) in [6, 6.07) is 5.63. The van der Waals surface area contributed by atoms with Gasteiger partial charge in [-0.15, -0.1) is 0 Å². The molecule has 3 fully saturated rings. The predicted molar refractivity (Wildman–Crippen MR) is 113 cm³/mol. The zero-order valence-corrected chi connectivity index (χ0v) is 17.4. The maximum atomic E-state index is 12.5. The first kappa shape index (κ1) is 19.6. The van der Waals surface area contributed by atoms with Crippen molar-refractivity contribution in [3.05, 3.63) is 23.8 Å². The highest BCUT2D eigenvalue weighted by Crippen LogP contribution is 2.48. The molecule has 1 spiro atoms. The van der Waals surface area contributed by atoms with Gasteiger partial charge in [0, 0.05) is 31.9 Å². The molecule has 0 bridgehead atoms. The monoisotopic (exact) mass is 385 g/mol. The fourth-order valence-electron chi connectivity index (χ4n) is 5.34. The highest BCUT2D eigenvalue weighted by molar-refractivity contribution is 5.90. The molecule has 0 radical (unpaired) electrons. The first-order valence-corrected chi connectivity index (χ1v) is 11.0. The Morgan fingerprint density at radius 3 is 2.71 bits per heavy atom. The maximum Gasteiger partial charge on any atom is 0.319 e. The van der Waals surface area contributed by atoms with E-state index in [4.69, 9.17) is 4.74 Å². The van der Waals surface area contributed by atoms with Gasteiger partial charge < -0.3 is 20.3 Å². The van der Waals surface area contributed by atoms with Gasteiger partial charge in [0.25, 0.3) is 0 Å². The lowest BCUT2D eigenvalue weighted by molar-refractivity contribution is 0.138. The average Bonchev–Trinajstić information content (AvgIpc) is 3.45. The third-order valence-corrected chi connectivity index (χ3v) is 7.14. The molecule has 0 aromatic heterocycles. The number of aryl methyl sites for hydroxylation is 1. The van der Waals surface area contributed by atoms with Crippen LogP contribution in [0, 0.1) is 24.2 Å². The number of hydrogen-bond acceptors (Lipinski definition) is 3. The van der Waals surface area contributed by atoms with Crippen LogP contribution in [0.3, 0.4) is 0 Å². The number of likely N-dealkylation sites (tertiary alicyclic amines) is 1. The van der Waals surface area contributed by atoms with Gasteiger partial charge in [0.2, 0.25) is 0 Å². The Hall–Kier alpha value is -1.75. The van der Waals surface area contributed by atoms with Crippen LogP contribution in [0.4, 0.5) is 10.5 Å². The van der Waals surface area contributed by atoms with Crippen LogP contribution in [-0.2, 0) is 0 Å². The van der Waals surface area contributed by atoms with Gasteiger partial charge in [0.05, 0.1) is 7.11 Å². The third-order valence-electron chi connectivity index (χ3n) is 7.14. The van der Waals surface area contributed by atoms with Crippen LogP contribution in [0.1, 0.15) is 50.5 Å². The number of urea groups is 1. The summed E-state index contributed by atoms with van der Waals surface area (Å²) in [5.74, 6) is 2.33. The fraction of sp³-hybridized carbons (Fsp3) is 0.696. The topological polar surface area (TPSA) is 53.6 Å². The summed E-state index contributed by atoms with van der Waals surface area (Å²) >= 11 is 0. The number of ether oxygens (including phenoxy) is 1. The third kappa shape index (κ3) is 4.45. The summed E-state index contributed by atoms with van der Waals surface area (Å²) in [4.78, 5) is 15.2. The molecule has 1 heterocycles. The Morgan fingerprint density at radius 2 is 2.04 bits per heavy atom. The van der Waals surface area contributed by atoms with Crippen molar-refractivity contribution >= 4 is 11.7 Å². The molecule has 1 atom stereocenters. The minimum absolute atomic E-state index is 0.0973. The number of hydrogen-bond donors (Lipinski definition) is 2. The molecule has 28 heavy (non-hydrogen) atoms. The highest BCUT2D eigenvalue weighted by Gasteiger charge is 2.47. The van der Waals surface area contributed by atoms with E-state index in [0.717, 1.165) is 36.0 Å². The molecule has 2 N–H and O–H groups in total. The van der Waals surface area contributed by atoms with Crippen LogP contribution in [0.5, 0.6) is 5.75 Å². The van der Waals surface area contributed by atoms with Crippen molar-refractivity contribution in [2.45, 2.75) is 51.9 Å². The molecule has 5 heteroatoms. The number of anilines is 1. The molecule has 4 rings (SSSR count). The van der Waals surface area contributed by atoms with Gasteiger partial charge in [-0.2, -0.15) is 0 Å². The smallest absolute Gasteiger partial charge is 0.319 e. The highest BCUT2D eigenvalue weighted by atomic mass is 16.5. The van der Waals surface area contributed by atoms with E-state index in [0.29, 0.717) is 11.3 Å². The number of methoxy groups -OCH3 is 1. The molecule has 5 nitrogen and oxygen atoms in total. The zero-order chi connectivity index (χ0) is 19.6. The second kappa shape index (κ2) is 8.32. The van der Waals surface area contributed by atoms with Gasteiger partial charge in [-0.1, -0.05) is 19.3 Å². The van der Waals surface area contributed by atoms with Crippen molar-refractivity contribution in [2.75, 3.05) is 38.6 Å². The number of carbonyl (C=O) groups is 1.